The average molecular weight is 258 g/mol. The standard InChI is InChI=1S/C16H22N2O/c1-2-11-5-3-4-6-13(11)16(19)18-9-12-7-8-15(17)14(12)10-18/h3-6,12,14-15H,2,7-10,17H2,1H3/t12-,14+,15+/m0/s1. The summed E-state index contributed by atoms with van der Waals surface area (Å²) < 4.78 is 0. The Bertz CT molecular complexity index is 485. The number of carbonyl (C=O) groups excluding carboxylic acids is 1. The number of fused-ring (bicyclic) bond motifs is 1. The molecule has 2 aliphatic rings. The lowest BCUT2D eigenvalue weighted by atomic mass is 9.98. The lowest BCUT2D eigenvalue weighted by Gasteiger charge is -2.20. The predicted octanol–water partition coefficient (Wildman–Crippen LogP) is 2.06. The van der Waals surface area contributed by atoms with Gasteiger partial charge in [-0.2, -0.15) is 0 Å². The van der Waals surface area contributed by atoms with Crippen LogP contribution in [-0.4, -0.2) is 29.9 Å². The summed E-state index contributed by atoms with van der Waals surface area (Å²) in [6.45, 7) is 3.85. The van der Waals surface area contributed by atoms with Gasteiger partial charge in [0.15, 0.2) is 0 Å². The molecule has 3 nitrogen and oxygen atoms in total. The summed E-state index contributed by atoms with van der Waals surface area (Å²) in [5.74, 6) is 1.35. The molecule has 2 N–H and O–H groups in total. The quantitative estimate of drug-likeness (QED) is 0.882. The molecule has 1 saturated heterocycles. The molecule has 1 aromatic carbocycles. The molecule has 1 aliphatic carbocycles. The minimum Gasteiger partial charge on any atom is -0.338 e. The van der Waals surface area contributed by atoms with Gasteiger partial charge in [0.1, 0.15) is 0 Å². The van der Waals surface area contributed by atoms with Crippen molar-refractivity contribution in [2.24, 2.45) is 17.6 Å². The minimum absolute atomic E-state index is 0.194. The van der Waals surface area contributed by atoms with Crippen molar-refractivity contribution in [3.8, 4) is 0 Å². The summed E-state index contributed by atoms with van der Waals surface area (Å²) in [4.78, 5) is 14.7. The van der Waals surface area contributed by atoms with E-state index in [0.717, 1.165) is 37.1 Å². The highest BCUT2D eigenvalue weighted by Crippen LogP contribution is 2.37. The predicted molar refractivity (Wildman–Crippen MR) is 75.9 cm³/mol. The van der Waals surface area contributed by atoms with Crippen molar-refractivity contribution in [2.75, 3.05) is 13.1 Å². The molecule has 102 valence electrons. The molecule has 1 aromatic rings. The summed E-state index contributed by atoms with van der Waals surface area (Å²) in [5.41, 5.74) is 8.16. The summed E-state index contributed by atoms with van der Waals surface area (Å²) in [6.07, 6.45) is 3.22. The van der Waals surface area contributed by atoms with E-state index in [1.54, 1.807) is 0 Å². The highest BCUT2D eigenvalue weighted by Gasteiger charge is 2.42. The van der Waals surface area contributed by atoms with Crippen molar-refractivity contribution in [3.63, 3.8) is 0 Å². The van der Waals surface area contributed by atoms with Crippen LogP contribution in [0.5, 0.6) is 0 Å². The van der Waals surface area contributed by atoms with Gasteiger partial charge < -0.3 is 10.6 Å². The molecule has 19 heavy (non-hydrogen) atoms. The summed E-state index contributed by atoms with van der Waals surface area (Å²) in [7, 11) is 0. The number of nitrogens with two attached hydrogens (primary N) is 1. The van der Waals surface area contributed by atoms with Crippen molar-refractivity contribution >= 4 is 5.91 Å². The van der Waals surface area contributed by atoms with Gasteiger partial charge in [0.2, 0.25) is 0 Å². The lowest BCUT2D eigenvalue weighted by molar-refractivity contribution is 0.0778. The molecule has 3 rings (SSSR count). The van der Waals surface area contributed by atoms with Gasteiger partial charge in [0.05, 0.1) is 0 Å². The number of benzene rings is 1. The van der Waals surface area contributed by atoms with E-state index in [2.05, 4.69) is 13.0 Å². The average Bonchev–Trinajstić information content (AvgIpc) is 3.00. The van der Waals surface area contributed by atoms with E-state index in [-0.39, 0.29) is 5.91 Å². The number of carbonyl (C=O) groups is 1. The molecule has 3 heteroatoms. The van der Waals surface area contributed by atoms with Crippen molar-refractivity contribution in [1.29, 1.82) is 0 Å². The molecular weight excluding hydrogens is 236 g/mol. The van der Waals surface area contributed by atoms with Crippen molar-refractivity contribution in [2.45, 2.75) is 32.2 Å². The van der Waals surface area contributed by atoms with Crippen LogP contribution in [0.4, 0.5) is 0 Å². The fourth-order valence-electron chi connectivity index (χ4n) is 3.68. The lowest BCUT2D eigenvalue weighted by Crippen LogP contribution is -2.33. The van der Waals surface area contributed by atoms with Gasteiger partial charge in [-0.15, -0.1) is 0 Å². The topological polar surface area (TPSA) is 46.3 Å². The zero-order valence-corrected chi connectivity index (χ0v) is 11.5. The van der Waals surface area contributed by atoms with E-state index >= 15 is 0 Å². The second kappa shape index (κ2) is 4.97. The Morgan fingerprint density at radius 2 is 2.11 bits per heavy atom. The maximum absolute atomic E-state index is 12.6. The molecule has 1 heterocycles. The van der Waals surface area contributed by atoms with Crippen LogP contribution in [0.2, 0.25) is 0 Å². The SMILES string of the molecule is CCc1ccccc1C(=O)N1C[C@@H]2CC[C@@H](N)[C@@H]2C1. The first-order chi connectivity index (χ1) is 9.20. The Hall–Kier alpha value is -1.35. The summed E-state index contributed by atoms with van der Waals surface area (Å²) in [5, 5.41) is 0. The minimum atomic E-state index is 0.194. The van der Waals surface area contributed by atoms with Crippen LogP contribution in [-0.2, 0) is 6.42 Å². The molecule has 3 atom stereocenters. The summed E-state index contributed by atoms with van der Waals surface area (Å²) >= 11 is 0. The fraction of sp³-hybridized carbons (Fsp3) is 0.562. The first kappa shape index (κ1) is 12.7. The van der Waals surface area contributed by atoms with Crippen LogP contribution in [0.15, 0.2) is 24.3 Å². The van der Waals surface area contributed by atoms with Crippen molar-refractivity contribution in [3.05, 3.63) is 35.4 Å². The van der Waals surface area contributed by atoms with E-state index in [1.807, 2.05) is 23.1 Å². The van der Waals surface area contributed by atoms with Crippen LogP contribution in [0.25, 0.3) is 0 Å². The van der Waals surface area contributed by atoms with E-state index in [9.17, 15) is 4.79 Å². The Kier molecular flexibility index (Phi) is 3.31. The molecule has 1 aliphatic heterocycles. The number of hydrogen-bond acceptors (Lipinski definition) is 2. The Morgan fingerprint density at radius 3 is 2.84 bits per heavy atom. The Labute approximate surface area is 114 Å². The molecule has 1 saturated carbocycles. The Morgan fingerprint density at radius 1 is 1.32 bits per heavy atom. The number of rotatable bonds is 2. The molecule has 0 unspecified atom stereocenters. The third-order valence-electron chi connectivity index (χ3n) is 4.83. The number of aryl methyl sites for hydroxylation is 1. The van der Waals surface area contributed by atoms with Crippen LogP contribution in [0, 0.1) is 11.8 Å². The fourth-order valence-corrected chi connectivity index (χ4v) is 3.68. The van der Waals surface area contributed by atoms with Gasteiger partial charge >= 0.3 is 0 Å². The molecule has 0 bridgehead atoms. The van der Waals surface area contributed by atoms with Gasteiger partial charge in [0.25, 0.3) is 5.91 Å². The van der Waals surface area contributed by atoms with Crippen LogP contribution in [0.3, 0.4) is 0 Å². The molecular formula is C16H22N2O. The van der Waals surface area contributed by atoms with E-state index in [4.69, 9.17) is 5.73 Å². The monoisotopic (exact) mass is 258 g/mol. The highest BCUT2D eigenvalue weighted by atomic mass is 16.2. The summed E-state index contributed by atoms with van der Waals surface area (Å²) in [6, 6.07) is 8.26. The number of hydrogen-bond donors (Lipinski definition) is 1. The zero-order valence-electron chi connectivity index (χ0n) is 11.5. The largest absolute Gasteiger partial charge is 0.338 e. The maximum Gasteiger partial charge on any atom is 0.254 e. The molecule has 1 amide bonds. The second-order valence-electron chi connectivity index (χ2n) is 5.89. The van der Waals surface area contributed by atoms with Gasteiger partial charge in [-0.05, 0) is 42.7 Å². The molecule has 0 spiro atoms. The normalized spacial score (nSPS) is 29.6. The van der Waals surface area contributed by atoms with Gasteiger partial charge in [-0.25, -0.2) is 0 Å². The number of amides is 1. The van der Waals surface area contributed by atoms with Gasteiger partial charge in [-0.1, -0.05) is 25.1 Å². The van der Waals surface area contributed by atoms with Crippen molar-refractivity contribution in [1.82, 2.24) is 4.90 Å². The van der Waals surface area contributed by atoms with Gasteiger partial charge in [-0.3, -0.25) is 4.79 Å². The number of likely N-dealkylation sites (tertiary alicyclic amines) is 1. The molecule has 0 aromatic heterocycles. The first-order valence-electron chi connectivity index (χ1n) is 7.33. The molecule has 2 fully saturated rings. The van der Waals surface area contributed by atoms with Crippen LogP contribution < -0.4 is 5.73 Å². The van der Waals surface area contributed by atoms with E-state index < -0.39 is 0 Å². The van der Waals surface area contributed by atoms with Gasteiger partial charge in [0, 0.05) is 24.7 Å². The third kappa shape index (κ3) is 2.16. The van der Waals surface area contributed by atoms with E-state index in [0.29, 0.717) is 17.9 Å². The second-order valence-corrected chi connectivity index (χ2v) is 5.89. The van der Waals surface area contributed by atoms with Crippen LogP contribution >= 0.6 is 0 Å². The number of nitrogens with zero attached hydrogens (tertiary/aromatic N) is 1. The van der Waals surface area contributed by atoms with Crippen LogP contribution in [0.1, 0.15) is 35.7 Å². The maximum atomic E-state index is 12.6. The van der Waals surface area contributed by atoms with E-state index in [1.165, 1.54) is 6.42 Å². The smallest absolute Gasteiger partial charge is 0.254 e. The molecule has 0 radical (unpaired) electrons. The third-order valence-corrected chi connectivity index (χ3v) is 4.83. The first-order valence-corrected chi connectivity index (χ1v) is 7.33. The van der Waals surface area contributed by atoms with Crippen molar-refractivity contribution < 1.29 is 4.79 Å². The Balaban J connectivity index is 1.78. The zero-order chi connectivity index (χ0) is 13.4. The highest BCUT2D eigenvalue weighted by molar-refractivity contribution is 5.95.